The van der Waals surface area contributed by atoms with E-state index in [1.807, 2.05) is 56.5 Å². The predicted octanol–water partition coefficient (Wildman–Crippen LogP) is 3.73. The van der Waals surface area contributed by atoms with E-state index in [4.69, 9.17) is 0 Å². The number of hydrogen-bond donors (Lipinski definition) is 3. The van der Waals surface area contributed by atoms with Crippen LogP contribution in [0.1, 0.15) is 54.9 Å². The van der Waals surface area contributed by atoms with Gasteiger partial charge in [0.2, 0.25) is 11.8 Å². The molecule has 1 aliphatic carbocycles. The normalized spacial score (nSPS) is 15.4. The van der Waals surface area contributed by atoms with Gasteiger partial charge in [0.25, 0.3) is 5.91 Å². The van der Waals surface area contributed by atoms with Crippen molar-refractivity contribution in [2.75, 3.05) is 5.32 Å². The lowest BCUT2D eigenvalue weighted by atomic mass is 10.0. The second-order valence-electron chi connectivity index (χ2n) is 7.79. The molecule has 1 saturated carbocycles. The van der Waals surface area contributed by atoms with Gasteiger partial charge in [-0.15, -0.1) is 11.3 Å². The summed E-state index contributed by atoms with van der Waals surface area (Å²) in [5.41, 5.74) is 1.68. The lowest BCUT2D eigenvalue weighted by Gasteiger charge is -2.24. The second-order valence-corrected chi connectivity index (χ2v) is 8.74. The number of benzene rings is 1. The highest BCUT2D eigenvalue weighted by molar-refractivity contribution is 7.12. The lowest BCUT2D eigenvalue weighted by molar-refractivity contribution is -0.124. The molecule has 29 heavy (non-hydrogen) atoms. The van der Waals surface area contributed by atoms with Crippen molar-refractivity contribution in [3.8, 4) is 0 Å². The van der Waals surface area contributed by atoms with Crippen LogP contribution in [-0.2, 0) is 9.59 Å². The topological polar surface area (TPSA) is 87.3 Å². The molecular weight excluding hydrogens is 386 g/mol. The first-order valence-corrected chi connectivity index (χ1v) is 10.8. The first-order chi connectivity index (χ1) is 13.8. The minimum absolute atomic E-state index is 0.0499. The van der Waals surface area contributed by atoms with Gasteiger partial charge < -0.3 is 16.0 Å². The van der Waals surface area contributed by atoms with Crippen molar-refractivity contribution >= 4 is 34.7 Å². The Morgan fingerprint density at radius 3 is 2.24 bits per heavy atom. The summed E-state index contributed by atoms with van der Waals surface area (Å²) in [7, 11) is 0. The molecule has 1 aromatic heterocycles. The molecule has 0 spiro atoms. The van der Waals surface area contributed by atoms with Gasteiger partial charge >= 0.3 is 0 Å². The van der Waals surface area contributed by atoms with Gasteiger partial charge in [0, 0.05) is 11.6 Å². The molecule has 6 nitrogen and oxygen atoms in total. The summed E-state index contributed by atoms with van der Waals surface area (Å²) >= 11 is 1.34. The van der Waals surface area contributed by atoms with E-state index in [1.165, 1.54) is 11.3 Å². The van der Waals surface area contributed by atoms with E-state index in [9.17, 15) is 14.4 Å². The van der Waals surface area contributed by atoms with Gasteiger partial charge in [-0.2, -0.15) is 0 Å². The molecule has 1 fully saturated rings. The second kappa shape index (κ2) is 9.22. The largest absolute Gasteiger partial charge is 0.348 e. The quantitative estimate of drug-likeness (QED) is 0.616. The average molecular weight is 414 g/mol. The summed E-state index contributed by atoms with van der Waals surface area (Å²) in [6.07, 6.45) is 1.93. The number of hydrogen-bond acceptors (Lipinski definition) is 4. The van der Waals surface area contributed by atoms with Crippen LogP contribution in [-0.4, -0.2) is 23.8 Å². The fourth-order valence-electron chi connectivity index (χ4n) is 2.99. The van der Waals surface area contributed by atoms with E-state index in [0.29, 0.717) is 4.88 Å². The maximum absolute atomic E-state index is 12.8. The molecule has 3 amide bonds. The van der Waals surface area contributed by atoms with Crippen LogP contribution in [0.15, 0.2) is 41.8 Å². The number of nitrogens with one attached hydrogen (secondary N) is 3. The Labute approximate surface area is 175 Å². The predicted molar refractivity (Wildman–Crippen MR) is 115 cm³/mol. The van der Waals surface area contributed by atoms with Crippen molar-refractivity contribution < 1.29 is 14.4 Å². The van der Waals surface area contributed by atoms with Crippen LogP contribution in [0.25, 0.3) is 0 Å². The summed E-state index contributed by atoms with van der Waals surface area (Å²) in [6, 6.07) is 10.2. The van der Waals surface area contributed by atoms with Crippen LogP contribution in [0.4, 0.5) is 5.69 Å². The first kappa shape index (κ1) is 21.0. The van der Waals surface area contributed by atoms with Crippen LogP contribution in [0.2, 0.25) is 0 Å². The fourth-order valence-corrected chi connectivity index (χ4v) is 3.61. The van der Waals surface area contributed by atoms with E-state index < -0.39 is 6.04 Å². The van der Waals surface area contributed by atoms with Crippen LogP contribution in [0.3, 0.4) is 0 Å². The summed E-state index contributed by atoms with van der Waals surface area (Å²) in [5, 5.41) is 10.6. The maximum atomic E-state index is 12.8. The smallest absolute Gasteiger partial charge is 0.262 e. The van der Waals surface area contributed by atoms with Gasteiger partial charge in [0.1, 0.15) is 6.04 Å². The Balaban J connectivity index is 1.58. The standard InChI is InChI=1S/C22H27N3O3S/c1-13(2)19(25-21(27)18-5-4-12-29-18)22(28)23-14(3)15-8-10-17(11-9-15)24-20(26)16-6-7-16/h4-5,8-14,16,19H,6-7H2,1-3H3,(H,23,28)(H,24,26)(H,25,27). The van der Waals surface area contributed by atoms with Crippen molar-refractivity contribution in [2.24, 2.45) is 11.8 Å². The third-order valence-corrected chi connectivity index (χ3v) is 5.83. The zero-order valence-electron chi connectivity index (χ0n) is 16.9. The van der Waals surface area contributed by atoms with Crippen LogP contribution < -0.4 is 16.0 Å². The zero-order chi connectivity index (χ0) is 21.0. The monoisotopic (exact) mass is 413 g/mol. The van der Waals surface area contributed by atoms with Crippen LogP contribution in [0.5, 0.6) is 0 Å². The molecule has 3 rings (SSSR count). The Morgan fingerprint density at radius 2 is 1.69 bits per heavy atom. The minimum Gasteiger partial charge on any atom is -0.348 e. The average Bonchev–Trinajstić information content (AvgIpc) is 3.40. The SMILES string of the molecule is CC(NC(=O)C(NC(=O)c1cccs1)C(C)C)c1ccc(NC(=O)C2CC2)cc1. The summed E-state index contributed by atoms with van der Waals surface area (Å²) in [6.45, 7) is 5.70. The molecule has 1 aromatic carbocycles. The molecular formula is C22H27N3O3S. The summed E-state index contributed by atoms with van der Waals surface area (Å²) < 4.78 is 0. The molecule has 1 aliphatic rings. The number of thiophene rings is 1. The number of anilines is 1. The first-order valence-electron chi connectivity index (χ1n) is 9.90. The van der Waals surface area contributed by atoms with Gasteiger partial charge in [-0.3, -0.25) is 14.4 Å². The molecule has 0 saturated heterocycles. The molecule has 1 heterocycles. The molecule has 7 heteroatoms. The third kappa shape index (κ3) is 5.67. The minimum atomic E-state index is -0.621. The summed E-state index contributed by atoms with van der Waals surface area (Å²) in [4.78, 5) is 37.6. The van der Waals surface area contributed by atoms with E-state index in [-0.39, 0.29) is 35.6 Å². The Morgan fingerprint density at radius 1 is 1.00 bits per heavy atom. The molecule has 0 bridgehead atoms. The van der Waals surface area contributed by atoms with Gasteiger partial charge in [0.05, 0.1) is 10.9 Å². The van der Waals surface area contributed by atoms with E-state index in [0.717, 1.165) is 24.1 Å². The van der Waals surface area contributed by atoms with Gasteiger partial charge in [-0.25, -0.2) is 0 Å². The van der Waals surface area contributed by atoms with E-state index >= 15 is 0 Å². The van der Waals surface area contributed by atoms with Crippen molar-refractivity contribution in [3.05, 3.63) is 52.2 Å². The van der Waals surface area contributed by atoms with Crippen molar-refractivity contribution in [3.63, 3.8) is 0 Å². The van der Waals surface area contributed by atoms with Crippen molar-refractivity contribution in [2.45, 2.75) is 45.7 Å². The third-order valence-electron chi connectivity index (χ3n) is 4.97. The van der Waals surface area contributed by atoms with Gasteiger partial charge in [-0.1, -0.05) is 32.0 Å². The molecule has 3 N–H and O–H groups in total. The number of carbonyl (C=O) groups is 3. The molecule has 0 radical (unpaired) electrons. The Kier molecular flexibility index (Phi) is 6.69. The van der Waals surface area contributed by atoms with Crippen LogP contribution in [0, 0.1) is 11.8 Å². The Bertz CT molecular complexity index is 858. The van der Waals surface area contributed by atoms with Gasteiger partial charge in [-0.05, 0) is 54.8 Å². The maximum Gasteiger partial charge on any atom is 0.262 e. The van der Waals surface area contributed by atoms with Crippen molar-refractivity contribution in [1.82, 2.24) is 10.6 Å². The van der Waals surface area contributed by atoms with E-state index in [2.05, 4.69) is 16.0 Å². The molecule has 2 aromatic rings. The van der Waals surface area contributed by atoms with Crippen molar-refractivity contribution in [1.29, 1.82) is 0 Å². The number of rotatable bonds is 8. The lowest BCUT2D eigenvalue weighted by Crippen LogP contribution is -2.50. The van der Waals surface area contributed by atoms with E-state index in [1.54, 1.807) is 6.07 Å². The molecule has 154 valence electrons. The highest BCUT2D eigenvalue weighted by atomic mass is 32.1. The molecule has 0 aliphatic heterocycles. The number of amides is 3. The summed E-state index contributed by atoms with van der Waals surface area (Å²) in [5.74, 6) is -0.280. The number of carbonyl (C=O) groups excluding carboxylic acids is 3. The molecule has 2 atom stereocenters. The fraction of sp³-hybridized carbons (Fsp3) is 0.409. The molecule has 2 unspecified atom stereocenters. The highest BCUT2D eigenvalue weighted by Gasteiger charge is 2.29. The highest BCUT2D eigenvalue weighted by Crippen LogP contribution is 2.30. The van der Waals surface area contributed by atoms with Gasteiger partial charge in [0.15, 0.2) is 0 Å². The zero-order valence-corrected chi connectivity index (χ0v) is 17.7. The Hall–Kier alpha value is -2.67. The van der Waals surface area contributed by atoms with Crippen LogP contribution >= 0.6 is 11.3 Å².